The number of aliphatic imine (C=N–C) groups is 1. The molecule has 3 rings (SSSR count). The molecule has 0 radical (unpaired) electrons. The molecular weight excluding hydrogens is 405 g/mol. The number of nitrogens with zero attached hydrogens (tertiary/aromatic N) is 1. The van der Waals surface area contributed by atoms with Gasteiger partial charge >= 0.3 is 0 Å². The fraction of sp³-hybridized carbons (Fsp3) is 0.211. The van der Waals surface area contributed by atoms with Gasteiger partial charge in [0.2, 0.25) is 11.8 Å². The number of nitrogens with one attached hydrogen (secondary N) is 2. The van der Waals surface area contributed by atoms with Crippen molar-refractivity contribution in [2.75, 3.05) is 5.32 Å². The number of hydrogen-bond donors (Lipinski definition) is 2. The van der Waals surface area contributed by atoms with Crippen LogP contribution in [0.15, 0.2) is 47.5 Å². The molecule has 1 fully saturated rings. The van der Waals surface area contributed by atoms with Gasteiger partial charge in [-0.3, -0.25) is 9.59 Å². The molecule has 1 aliphatic rings. The van der Waals surface area contributed by atoms with Gasteiger partial charge in [0.25, 0.3) is 0 Å². The molecule has 2 amide bonds. The molecule has 1 saturated heterocycles. The summed E-state index contributed by atoms with van der Waals surface area (Å²) in [6.45, 7) is 2.08. The zero-order valence-electron chi connectivity index (χ0n) is 14.5. The topological polar surface area (TPSA) is 70.6 Å². The van der Waals surface area contributed by atoms with E-state index in [0.717, 1.165) is 6.42 Å². The Morgan fingerprint density at radius 2 is 2.00 bits per heavy atom. The van der Waals surface area contributed by atoms with Gasteiger partial charge in [0, 0.05) is 6.42 Å². The maximum Gasteiger partial charge on any atom is 0.238 e. The highest BCUT2D eigenvalue weighted by Gasteiger charge is 2.30. The van der Waals surface area contributed by atoms with Crippen molar-refractivity contribution in [1.82, 2.24) is 5.32 Å². The van der Waals surface area contributed by atoms with Crippen LogP contribution in [0.25, 0.3) is 0 Å². The number of carbonyl (C=O) groups is 2. The Kier molecular flexibility index (Phi) is 6.42. The van der Waals surface area contributed by atoms with E-state index in [1.54, 1.807) is 18.2 Å². The molecule has 2 aromatic carbocycles. The van der Waals surface area contributed by atoms with Crippen molar-refractivity contribution in [1.29, 1.82) is 0 Å². The van der Waals surface area contributed by atoms with E-state index >= 15 is 0 Å². The monoisotopic (exact) mass is 421 g/mol. The molecule has 140 valence electrons. The number of thioether (sulfide) groups is 1. The molecule has 1 atom stereocenters. The number of amidine groups is 1. The Hall–Kier alpha value is -2.02. The summed E-state index contributed by atoms with van der Waals surface area (Å²) in [5.74, 6) is -0.580. The number of carbonyl (C=O) groups excluding carboxylic acids is 2. The second kappa shape index (κ2) is 8.78. The Morgan fingerprint density at radius 3 is 2.70 bits per heavy atom. The first kappa shape index (κ1) is 19.7. The number of hydrogen-bond acceptors (Lipinski definition) is 4. The minimum absolute atomic E-state index is 0.0580. The maximum absolute atomic E-state index is 12.6. The number of benzene rings is 2. The molecule has 2 aromatic rings. The highest BCUT2D eigenvalue weighted by Crippen LogP contribution is 2.31. The predicted octanol–water partition coefficient (Wildman–Crippen LogP) is 4.80. The van der Waals surface area contributed by atoms with Crippen molar-refractivity contribution in [2.45, 2.75) is 25.0 Å². The van der Waals surface area contributed by atoms with Crippen LogP contribution >= 0.6 is 35.0 Å². The lowest BCUT2D eigenvalue weighted by Gasteiger charge is -2.22. The molecule has 27 heavy (non-hydrogen) atoms. The normalized spacial score (nSPS) is 18.3. The van der Waals surface area contributed by atoms with Gasteiger partial charge in [-0.1, -0.05) is 60.1 Å². The third-order valence-corrected chi connectivity index (χ3v) is 5.85. The summed E-state index contributed by atoms with van der Waals surface area (Å²) in [5.41, 5.74) is 2.33. The van der Waals surface area contributed by atoms with Gasteiger partial charge < -0.3 is 10.6 Å². The fourth-order valence-corrected chi connectivity index (χ4v) is 3.83. The van der Waals surface area contributed by atoms with E-state index in [-0.39, 0.29) is 23.3 Å². The van der Waals surface area contributed by atoms with Crippen LogP contribution in [-0.2, 0) is 16.0 Å². The predicted molar refractivity (Wildman–Crippen MR) is 112 cm³/mol. The Bertz CT molecular complexity index is 900. The van der Waals surface area contributed by atoms with E-state index in [1.165, 1.54) is 17.3 Å². The number of amides is 2. The summed E-state index contributed by atoms with van der Waals surface area (Å²) in [5, 5.41) is 5.84. The van der Waals surface area contributed by atoms with Gasteiger partial charge in [0.05, 0.1) is 21.4 Å². The Labute approximate surface area is 171 Å². The molecule has 0 spiro atoms. The van der Waals surface area contributed by atoms with Crippen LogP contribution in [0.1, 0.15) is 18.9 Å². The molecule has 5 nitrogen and oxygen atoms in total. The SMILES string of the molecule is CCc1ccc(N=C2NC(=O)C[C@H](C(=O)Nc3cccc(Cl)c3Cl)S2)cc1. The van der Waals surface area contributed by atoms with Gasteiger partial charge in [-0.2, -0.15) is 0 Å². The fourth-order valence-electron chi connectivity index (χ4n) is 2.48. The first-order valence-corrected chi connectivity index (χ1v) is 9.99. The van der Waals surface area contributed by atoms with E-state index in [9.17, 15) is 9.59 Å². The van der Waals surface area contributed by atoms with Crippen LogP contribution in [0.2, 0.25) is 10.0 Å². The third-order valence-electron chi connectivity index (χ3n) is 3.95. The van der Waals surface area contributed by atoms with Gasteiger partial charge in [-0.15, -0.1) is 0 Å². The molecule has 1 aliphatic heterocycles. The van der Waals surface area contributed by atoms with Gasteiger partial charge in [0.1, 0.15) is 5.25 Å². The zero-order chi connectivity index (χ0) is 19.4. The van der Waals surface area contributed by atoms with Crippen molar-refractivity contribution in [2.24, 2.45) is 4.99 Å². The van der Waals surface area contributed by atoms with Crippen molar-refractivity contribution in [3.63, 3.8) is 0 Å². The number of rotatable bonds is 4. The summed E-state index contributed by atoms with van der Waals surface area (Å²) < 4.78 is 0. The minimum atomic E-state index is -0.609. The average molecular weight is 422 g/mol. The van der Waals surface area contributed by atoms with Crippen LogP contribution < -0.4 is 10.6 Å². The van der Waals surface area contributed by atoms with Crippen LogP contribution in [0, 0.1) is 0 Å². The molecule has 8 heteroatoms. The van der Waals surface area contributed by atoms with Crippen LogP contribution in [0.3, 0.4) is 0 Å². The largest absolute Gasteiger partial charge is 0.324 e. The molecular formula is C19H17Cl2N3O2S. The number of anilines is 1. The first-order valence-electron chi connectivity index (χ1n) is 8.35. The van der Waals surface area contributed by atoms with Crippen molar-refractivity contribution in [3.8, 4) is 0 Å². The first-order chi connectivity index (χ1) is 13.0. The summed E-state index contributed by atoms with van der Waals surface area (Å²) in [6.07, 6.45) is 0.999. The molecule has 0 unspecified atom stereocenters. The number of aryl methyl sites for hydroxylation is 1. The van der Waals surface area contributed by atoms with Gasteiger partial charge in [0.15, 0.2) is 5.17 Å². The second-order valence-corrected chi connectivity index (χ2v) is 7.86. The van der Waals surface area contributed by atoms with Crippen molar-refractivity contribution in [3.05, 3.63) is 58.1 Å². The minimum Gasteiger partial charge on any atom is -0.324 e. The number of halogens is 2. The zero-order valence-corrected chi connectivity index (χ0v) is 16.8. The highest BCUT2D eigenvalue weighted by atomic mass is 35.5. The molecule has 0 aliphatic carbocycles. The van der Waals surface area contributed by atoms with E-state index in [0.29, 0.717) is 21.6 Å². The molecule has 1 heterocycles. The summed E-state index contributed by atoms with van der Waals surface area (Å²) >= 11 is 13.3. The van der Waals surface area contributed by atoms with Crippen molar-refractivity contribution < 1.29 is 9.59 Å². The quantitative estimate of drug-likeness (QED) is 0.744. The smallest absolute Gasteiger partial charge is 0.238 e. The average Bonchev–Trinajstić information content (AvgIpc) is 2.65. The van der Waals surface area contributed by atoms with Crippen LogP contribution in [0.4, 0.5) is 11.4 Å². The lowest BCUT2D eigenvalue weighted by Crippen LogP contribution is -2.41. The Morgan fingerprint density at radius 1 is 1.26 bits per heavy atom. The summed E-state index contributed by atoms with van der Waals surface area (Å²) in [7, 11) is 0. The third kappa shape index (κ3) is 5.03. The Balaban J connectivity index is 1.74. The van der Waals surface area contributed by atoms with Crippen LogP contribution in [-0.4, -0.2) is 22.2 Å². The van der Waals surface area contributed by atoms with E-state index in [2.05, 4.69) is 22.5 Å². The maximum atomic E-state index is 12.6. The molecule has 0 bridgehead atoms. The molecule has 0 aromatic heterocycles. The van der Waals surface area contributed by atoms with Crippen molar-refractivity contribution >= 4 is 63.3 Å². The summed E-state index contributed by atoms with van der Waals surface area (Å²) in [6, 6.07) is 12.7. The standard InChI is InChI=1S/C19H17Cl2N3O2S/c1-2-11-6-8-12(9-7-11)22-19-24-16(25)10-15(27-19)18(26)23-14-5-3-4-13(20)17(14)21/h3-9,15H,2,10H2,1H3,(H,23,26)(H,22,24,25)/t15-/m1/s1. The molecule has 2 N–H and O–H groups in total. The second-order valence-electron chi connectivity index (χ2n) is 5.89. The van der Waals surface area contributed by atoms with E-state index in [1.807, 2.05) is 24.3 Å². The lowest BCUT2D eigenvalue weighted by atomic mass is 10.2. The van der Waals surface area contributed by atoms with E-state index in [4.69, 9.17) is 23.2 Å². The van der Waals surface area contributed by atoms with Gasteiger partial charge in [-0.25, -0.2) is 4.99 Å². The van der Waals surface area contributed by atoms with E-state index < -0.39 is 5.25 Å². The lowest BCUT2D eigenvalue weighted by molar-refractivity contribution is -0.123. The molecule has 0 saturated carbocycles. The van der Waals surface area contributed by atoms with Crippen LogP contribution in [0.5, 0.6) is 0 Å². The van der Waals surface area contributed by atoms with Gasteiger partial charge in [-0.05, 0) is 36.2 Å². The summed E-state index contributed by atoms with van der Waals surface area (Å²) in [4.78, 5) is 29.0. The highest BCUT2D eigenvalue weighted by molar-refractivity contribution is 8.15.